The normalized spacial score (nSPS) is 52.4. The van der Waals surface area contributed by atoms with Gasteiger partial charge in [-0.2, -0.15) is 0 Å². The standard InChI is InChI=1S/C30H48O3/c1-25(2)14-16-30(24(32)33)17-15-28(6)19(20(30)18-25)8-9-22-27(5)12-11-23(31)26(3,4)21(27)10-13-29(22,28)7/h8,20-23,31H,9-18H2,1-7H3,(H,32,33)/t20-,21-,22+,23-,27+,28-,29-,30+/m1/s1. The largest absolute Gasteiger partial charge is 0.481 e. The topological polar surface area (TPSA) is 57.5 Å². The molecule has 0 saturated heterocycles. The SMILES string of the molecule is CC1(C)CC[C@]2(C(=O)O)CC[C@]3(C)C(=CC[C@H]4[C@@]5(C)CC[C@@H](O)C(C)(C)[C@H]5CC[C@]43C)[C@H]2C1. The Hall–Kier alpha value is -0.830. The van der Waals surface area contributed by atoms with Gasteiger partial charge in [-0.15, -0.1) is 0 Å². The van der Waals surface area contributed by atoms with Crippen molar-refractivity contribution in [2.45, 2.75) is 119 Å². The van der Waals surface area contributed by atoms with E-state index in [2.05, 4.69) is 54.5 Å². The number of carboxylic acids is 1. The Morgan fingerprint density at radius 2 is 1.55 bits per heavy atom. The van der Waals surface area contributed by atoms with Crippen LogP contribution in [0.3, 0.4) is 0 Å². The van der Waals surface area contributed by atoms with E-state index in [1.807, 2.05) is 0 Å². The Kier molecular flexibility index (Phi) is 4.99. The molecular formula is C30H48O3. The molecule has 4 fully saturated rings. The summed E-state index contributed by atoms with van der Waals surface area (Å²) in [6, 6.07) is 0. The van der Waals surface area contributed by atoms with Crippen molar-refractivity contribution >= 4 is 5.97 Å². The maximum absolute atomic E-state index is 12.8. The summed E-state index contributed by atoms with van der Waals surface area (Å²) in [4.78, 5) is 12.8. The van der Waals surface area contributed by atoms with E-state index in [9.17, 15) is 15.0 Å². The summed E-state index contributed by atoms with van der Waals surface area (Å²) in [6.45, 7) is 16.9. The highest BCUT2D eigenvalue weighted by atomic mass is 16.4. The van der Waals surface area contributed by atoms with Gasteiger partial charge in [-0.1, -0.05) is 60.1 Å². The van der Waals surface area contributed by atoms with E-state index in [0.717, 1.165) is 51.4 Å². The maximum atomic E-state index is 12.8. The van der Waals surface area contributed by atoms with Crippen molar-refractivity contribution in [2.24, 2.45) is 50.2 Å². The van der Waals surface area contributed by atoms with Crippen molar-refractivity contribution < 1.29 is 15.0 Å². The average Bonchev–Trinajstić information content (AvgIpc) is 2.71. The molecule has 0 aliphatic heterocycles. The number of carboxylic acid groups (broad SMARTS) is 1. The summed E-state index contributed by atoms with van der Waals surface area (Å²) >= 11 is 0. The number of hydrogen-bond donors (Lipinski definition) is 2. The van der Waals surface area contributed by atoms with E-state index in [1.165, 1.54) is 18.4 Å². The number of hydrogen-bond acceptors (Lipinski definition) is 2. The van der Waals surface area contributed by atoms with Crippen LogP contribution in [0.15, 0.2) is 11.6 Å². The molecule has 0 bridgehead atoms. The smallest absolute Gasteiger partial charge is 0.310 e. The molecule has 0 radical (unpaired) electrons. The molecule has 3 heteroatoms. The Balaban J connectivity index is 1.60. The number of aliphatic carboxylic acids is 1. The fourth-order valence-corrected chi connectivity index (χ4v) is 10.6. The molecule has 186 valence electrons. The lowest BCUT2D eigenvalue weighted by Gasteiger charge is -2.71. The minimum Gasteiger partial charge on any atom is -0.481 e. The van der Waals surface area contributed by atoms with Crippen LogP contribution in [0.5, 0.6) is 0 Å². The molecule has 0 aromatic carbocycles. The van der Waals surface area contributed by atoms with Crippen LogP contribution in [-0.2, 0) is 4.79 Å². The van der Waals surface area contributed by atoms with Gasteiger partial charge in [0.2, 0.25) is 0 Å². The molecule has 33 heavy (non-hydrogen) atoms. The Labute approximate surface area is 201 Å². The molecule has 0 aromatic rings. The molecule has 0 spiro atoms. The van der Waals surface area contributed by atoms with Gasteiger partial charge in [0.15, 0.2) is 0 Å². The minimum atomic E-state index is -0.553. The van der Waals surface area contributed by atoms with E-state index in [-0.39, 0.29) is 39.1 Å². The zero-order valence-corrected chi connectivity index (χ0v) is 22.3. The molecule has 5 aliphatic rings. The second-order valence-corrected chi connectivity index (χ2v) is 15.1. The van der Waals surface area contributed by atoms with Crippen LogP contribution < -0.4 is 0 Å². The van der Waals surface area contributed by atoms with Crippen LogP contribution in [0, 0.1) is 50.2 Å². The van der Waals surface area contributed by atoms with Gasteiger partial charge in [-0.3, -0.25) is 4.79 Å². The molecule has 0 heterocycles. The maximum Gasteiger partial charge on any atom is 0.310 e. The summed E-state index contributed by atoms with van der Waals surface area (Å²) in [5.41, 5.74) is 1.68. The van der Waals surface area contributed by atoms with E-state index in [1.54, 1.807) is 0 Å². The van der Waals surface area contributed by atoms with Gasteiger partial charge in [0.25, 0.3) is 0 Å². The summed E-state index contributed by atoms with van der Waals surface area (Å²) in [6.07, 6.45) is 12.6. The first-order valence-corrected chi connectivity index (χ1v) is 13.8. The first-order valence-electron chi connectivity index (χ1n) is 13.8. The van der Waals surface area contributed by atoms with Crippen LogP contribution in [0.25, 0.3) is 0 Å². The number of rotatable bonds is 1. The van der Waals surface area contributed by atoms with Crippen molar-refractivity contribution in [3.05, 3.63) is 11.6 Å². The van der Waals surface area contributed by atoms with E-state index in [4.69, 9.17) is 0 Å². The average molecular weight is 457 g/mol. The predicted molar refractivity (Wildman–Crippen MR) is 133 cm³/mol. The summed E-state index contributed by atoms with van der Waals surface area (Å²) in [7, 11) is 0. The van der Waals surface area contributed by atoms with Crippen molar-refractivity contribution in [3.8, 4) is 0 Å². The lowest BCUT2D eigenvalue weighted by atomic mass is 9.33. The number of carbonyl (C=O) groups is 1. The second-order valence-electron chi connectivity index (χ2n) is 15.1. The van der Waals surface area contributed by atoms with Gasteiger partial charge >= 0.3 is 5.97 Å². The van der Waals surface area contributed by atoms with Gasteiger partial charge in [0.05, 0.1) is 11.5 Å². The number of allylic oxidation sites excluding steroid dienone is 2. The van der Waals surface area contributed by atoms with Crippen LogP contribution in [0.1, 0.15) is 113 Å². The fourth-order valence-electron chi connectivity index (χ4n) is 10.6. The lowest BCUT2D eigenvalue weighted by Crippen LogP contribution is -2.65. The second kappa shape index (κ2) is 6.89. The molecule has 3 nitrogen and oxygen atoms in total. The molecule has 8 atom stereocenters. The van der Waals surface area contributed by atoms with E-state index < -0.39 is 11.4 Å². The van der Waals surface area contributed by atoms with Crippen LogP contribution in [-0.4, -0.2) is 22.3 Å². The van der Waals surface area contributed by atoms with E-state index >= 15 is 0 Å². The zero-order valence-electron chi connectivity index (χ0n) is 22.3. The molecule has 0 aromatic heterocycles. The lowest BCUT2D eigenvalue weighted by molar-refractivity contribution is -0.205. The Bertz CT molecular complexity index is 885. The Morgan fingerprint density at radius 3 is 2.21 bits per heavy atom. The monoisotopic (exact) mass is 456 g/mol. The Morgan fingerprint density at radius 1 is 0.879 bits per heavy atom. The molecule has 0 amide bonds. The molecule has 4 saturated carbocycles. The third-order valence-corrected chi connectivity index (χ3v) is 13.0. The fraction of sp³-hybridized carbons (Fsp3) is 0.900. The number of fused-ring (bicyclic) bond motifs is 7. The van der Waals surface area contributed by atoms with Crippen molar-refractivity contribution in [1.29, 1.82) is 0 Å². The van der Waals surface area contributed by atoms with Gasteiger partial charge in [0.1, 0.15) is 0 Å². The van der Waals surface area contributed by atoms with Crippen molar-refractivity contribution in [1.82, 2.24) is 0 Å². The van der Waals surface area contributed by atoms with Gasteiger partial charge in [-0.05, 0) is 109 Å². The molecular weight excluding hydrogens is 408 g/mol. The third kappa shape index (κ3) is 2.87. The summed E-state index contributed by atoms with van der Waals surface area (Å²) in [5.74, 6) is 0.807. The van der Waals surface area contributed by atoms with E-state index in [0.29, 0.717) is 11.8 Å². The molecule has 2 N–H and O–H groups in total. The van der Waals surface area contributed by atoms with Gasteiger partial charge in [-0.25, -0.2) is 0 Å². The number of aliphatic hydroxyl groups excluding tert-OH is 1. The number of aliphatic hydroxyl groups is 1. The van der Waals surface area contributed by atoms with Crippen LogP contribution in [0.4, 0.5) is 0 Å². The van der Waals surface area contributed by atoms with Gasteiger partial charge < -0.3 is 10.2 Å². The quantitative estimate of drug-likeness (QED) is 0.409. The predicted octanol–water partition coefficient (Wildman–Crippen LogP) is 7.23. The third-order valence-electron chi connectivity index (χ3n) is 13.0. The zero-order chi connectivity index (χ0) is 24.2. The first kappa shape index (κ1) is 23.9. The molecule has 0 unspecified atom stereocenters. The highest BCUT2D eigenvalue weighted by Gasteiger charge is 2.69. The van der Waals surface area contributed by atoms with Crippen LogP contribution in [0.2, 0.25) is 0 Å². The summed E-state index contributed by atoms with van der Waals surface area (Å²) < 4.78 is 0. The first-order chi connectivity index (χ1) is 15.1. The highest BCUT2D eigenvalue weighted by molar-refractivity contribution is 5.76. The van der Waals surface area contributed by atoms with Crippen molar-refractivity contribution in [2.75, 3.05) is 0 Å². The molecule has 5 aliphatic carbocycles. The van der Waals surface area contributed by atoms with Crippen LogP contribution >= 0.6 is 0 Å². The minimum absolute atomic E-state index is 0.0301. The van der Waals surface area contributed by atoms with Gasteiger partial charge in [0, 0.05) is 0 Å². The highest BCUT2D eigenvalue weighted by Crippen LogP contribution is 2.75. The molecule has 5 rings (SSSR count). The summed E-state index contributed by atoms with van der Waals surface area (Å²) in [5, 5.41) is 21.4. The van der Waals surface area contributed by atoms with Crippen molar-refractivity contribution in [3.63, 3.8) is 0 Å².